The molecule has 54 heavy (non-hydrogen) atoms. The summed E-state index contributed by atoms with van der Waals surface area (Å²) in [4.78, 5) is 28.9. The fourth-order valence-electron chi connectivity index (χ4n) is 6.92. The topological polar surface area (TPSA) is 141 Å². The molecule has 0 spiro atoms. The minimum atomic E-state index is 0.0649. The first-order chi connectivity index (χ1) is 26.5. The smallest absolute Gasteiger partial charge is 0.130 e. The van der Waals surface area contributed by atoms with E-state index in [2.05, 4.69) is 30.9 Å². The van der Waals surface area contributed by atoms with Crippen molar-refractivity contribution in [2.45, 2.75) is 56.7 Å². The first-order valence-corrected chi connectivity index (χ1v) is 18.1. The lowest BCUT2D eigenvalue weighted by atomic mass is 9.71. The van der Waals surface area contributed by atoms with Gasteiger partial charge in [0, 0.05) is 89.8 Å². The van der Waals surface area contributed by atoms with Gasteiger partial charge in [0.05, 0.1) is 58.0 Å². The van der Waals surface area contributed by atoms with Gasteiger partial charge in [-0.2, -0.15) is 0 Å². The van der Waals surface area contributed by atoms with Crippen LogP contribution in [0.1, 0.15) is 71.2 Å². The number of rotatable bonds is 15. The maximum atomic E-state index is 5.80. The van der Waals surface area contributed by atoms with Crippen LogP contribution in [0.25, 0.3) is 0 Å². The summed E-state index contributed by atoms with van der Waals surface area (Å²) < 4.78 is 17.4. The predicted octanol–water partition coefficient (Wildman–Crippen LogP) is 7.75. The van der Waals surface area contributed by atoms with Gasteiger partial charge in [-0.05, 0) is 55.7 Å². The summed E-state index contributed by atoms with van der Waals surface area (Å²) in [5.41, 5.74) is 5.61. The lowest BCUT2D eigenvalue weighted by Gasteiger charge is -2.35. The number of ether oxygens (including phenoxy) is 3. The molecule has 0 unspecified atom stereocenters. The molecule has 6 aromatic rings. The highest BCUT2D eigenvalue weighted by atomic mass is 16.5. The summed E-state index contributed by atoms with van der Waals surface area (Å²) in [6, 6.07) is 29.6. The molecule has 1 aliphatic rings. The molecule has 0 aliphatic heterocycles. The molecular weight excluding hydrogens is 679 g/mol. The average Bonchev–Trinajstić information content (AvgIpc) is 3.24. The zero-order valence-electron chi connectivity index (χ0n) is 30.8. The first-order valence-electron chi connectivity index (χ1n) is 18.1. The number of hydrogen-bond donors (Lipinski definition) is 3. The summed E-state index contributed by atoms with van der Waals surface area (Å²) in [5, 5.41) is 10.4. The summed E-state index contributed by atoms with van der Waals surface area (Å²) in [6.45, 7) is 1.63. The van der Waals surface area contributed by atoms with Crippen LogP contribution in [0.3, 0.4) is 0 Å². The third-order valence-electron chi connectivity index (χ3n) is 9.66. The van der Waals surface area contributed by atoms with Gasteiger partial charge in [0.25, 0.3) is 0 Å². The van der Waals surface area contributed by atoms with E-state index in [-0.39, 0.29) is 17.8 Å². The Labute approximate surface area is 315 Å². The van der Waals surface area contributed by atoms with Crippen LogP contribution in [0.15, 0.2) is 110 Å². The summed E-state index contributed by atoms with van der Waals surface area (Å²) in [6.07, 6.45) is 7.85. The molecule has 1 saturated carbocycles. The van der Waals surface area contributed by atoms with Gasteiger partial charge in [0.2, 0.25) is 0 Å². The molecule has 0 amide bonds. The molecule has 0 radical (unpaired) electrons. The van der Waals surface area contributed by atoms with E-state index in [4.69, 9.17) is 29.2 Å². The van der Waals surface area contributed by atoms with Gasteiger partial charge in [-0.25, -0.2) is 15.0 Å². The Hall–Kier alpha value is -6.30. The summed E-state index contributed by atoms with van der Waals surface area (Å²) >= 11 is 0. The van der Waals surface area contributed by atoms with Gasteiger partial charge in [0.15, 0.2) is 0 Å². The lowest BCUT2D eigenvalue weighted by molar-refractivity contribution is 0.335. The van der Waals surface area contributed by atoms with Crippen molar-refractivity contribution < 1.29 is 14.2 Å². The molecule has 12 heteroatoms. The maximum absolute atomic E-state index is 5.80. The molecule has 276 valence electrons. The molecule has 0 bridgehead atoms. The van der Waals surface area contributed by atoms with E-state index in [1.165, 1.54) is 0 Å². The SMILES string of the molecule is COc1cc(NCc2ccccn2)nc(C2CC(c3cc(OC)cc(NCc4ccccn4)n3)CC(c3cc(OC)cc(NCc4ccccn4)n3)C2)c1. The van der Waals surface area contributed by atoms with E-state index < -0.39 is 0 Å². The van der Waals surface area contributed by atoms with Crippen LogP contribution in [0, 0.1) is 0 Å². The van der Waals surface area contributed by atoms with E-state index in [1.807, 2.05) is 91.0 Å². The number of nitrogens with zero attached hydrogens (tertiary/aromatic N) is 6. The van der Waals surface area contributed by atoms with Gasteiger partial charge < -0.3 is 30.2 Å². The van der Waals surface area contributed by atoms with Crippen molar-refractivity contribution in [1.82, 2.24) is 29.9 Å². The summed E-state index contributed by atoms with van der Waals surface area (Å²) in [5.74, 6) is 4.61. The third-order valence-corrected chi connectivity index (χ3v) is 9.66. The van der Waals surface area contributed by atoms with Crippen LogP contribution < -0.4 is 30.2 Å². The van der Waals surface area contributed by atoms with Gasteiger partial charge in [0.1, 0.15) is 34.7 Å². The number of aromatic nitrogens is 6. The highest BCUT2D eigenvalue weighted by molar-refractivity contribution is 5.47. The molecule has 0 atom stereocenters. The van der Waals surface area contributed by atoms with E-state index >= 15 is 0 Å². The fourth-order valence-corrected chi connectivity index (χ4v) is 6.92. The molecular formula is C42H45N9O3. The predicted molar refractivity (Wildman–Crippen MR) is 209 cm³/mol. The molecule has 0 saturated heterocycles. The van der Waals surface area contributed by atoms with E-state index in [1.54, 1.807) is 39.9 Å². The Morgan fingerprint density at radius 2 is 0.778 bits per heavy atom. The van der Waals surface area contributed by atoms with Crippen molar-refractivity contribution >= 4 is 17.5 Å². The minimum Gasteiger partial charge on any atom is -0.497 e. The van der Waals surface area contributed by atoms with Crippen molar-refractivity contribution in [3.05, 3.63) is 144 Å². The molecule has 7 rings (SSSR count). The van der Waals surface area contributed by atoms with Crippen molar-refractivity contribution in [1.29, 1.82) is 0 Å². The Bertz CT molecular complexity index is 1860. The normalized spacial score (nSPS) is 16.6. The van der Waals surface area contributed by atoms with Crippen molar-refractivity contribution in [2.75, 3.05) is 37.3 Å². The van der Waals surface area contributed by atoms with Gasteiger partial charge in [-0.3, -0.25) is 15.0 Å². The molecule has 3 N–H and O–H groups in total. The van der Waals surface area contributed by atoms with Crippen LogP contribution in [-0.2, 0) is 19.6 Å². The highest BCUT2D eigenvalue weighted by Gasteiger charge is 2.35. The number of anilines is 3. The van der Waals surface area contributed by atoms with E-state index in [0.29, 0.717) is 19.6 Å². The molecule has 1 aliphatic carbocycles. The van der Waals surface area contributed by atoms with E-state index in [9.17, 15) is 0 Å². The molecule has 0 aromatic carbocycles. The average molecular weight is 724 g/mol. The number of hydrogen-bond acceptors (Lipinski definition) is 12. The number of pyridine rings is 6. The minimum absolute atomic E-state index is 0.0649. The van der Waals surface area contributed by atoms with Crippen LogP contribution in [0.5, 0.6) is 17.2 Å². The fraction of sp³-hybridized carbons (Fsp3) is 0.286. The Balaban J connectivity index is 1.22. The zero-order valence-corrected chi connectivity index (χ0v) is 30.8. The Morgan fingerprint density at radius 3 is 1.04 bits per heavy atom. The number of methoxy groups -OCH3 is 3. The first kappa shape index (κ1) is 36.1. The molecule has 12 nitrogen and oxygen atoms in total. The second-order valence-electron chi connectivity index (χ2n) is 13.3. The second kappa shape index (κ2) is 17.5. The van der Waals surface area contributed by atoms with Gasteiger partial charge in [-0.15, -0.1) is 0 Å². The molecule has 1 fully saturated rings. The van der Waals surface area contributed by atoms with Crippen LogP contribution in [0.2, 0.25) is 0 Å². The standard InChI is InChI=1S/C42H45N9O3/c1-52-34-19-37(49-40(22-34)46-25-31-10-4-7-13-43-31)28-16-29(38-20-35(53-2)23-41(50-38)47-26-32-11-5-8-14-44-32)18-30(17-28)39-21-36(54-3)24-42(51-39)48-27-33-12-6-9-15-45-33/h4-15,19-24,28-30H,16-18,25-27H2,1-3H3,(H,46,49)(H,47,50)(H,48,51). The monoisotopic (exact) mass is 723 g/mol. The summed E-state index contributed by atoms with van der Waals surface area (Å²) in [7, 11) is 5.06. The van der Waals surface area contributed by atoms with Crippen LogP contribution in [-0.4, -0.2) is 51.2 Å². The van der Waals surface area contributed by atoms with Crippen molar-refractivity contribution in [3.63, 3.8) is 0 Å². The van der Waals surface area contributed by atoms with Crippen molar-refractivity contribution in [3.8, 4) is 17.2 Å². The quantitative estimate of drug-likeness (QED) is 0.0954. The van der Waals surface area contributed by atoms with Crippen molar-refractivity contribution in [2.24, 2.45) is 0 Å². The number of nitrogens with one attached hydrogen (secondary N) is 3. The zero-order chi connectivity index (χ0) is 37.1. The third kappa shape index (κ3) is 9.37. The largest absolute Gasteiger partial charge is 0.497 e. The van der Waals surface area contributed by atoms with Crippen LogP contribution in [0.4, 0.5) is 17.5 Å². The van der Waals surface area contributed by atoms with Gasteiger partial charge >= 0.3 is 0 Å². The highest BCUT2D eigenvalue weighted by Crippen LogP contribution is 2.48. The Morgan fingerprint density at radius 1 is 0.463 bits per heavy atom. The molecule has 6 aromatic heterocycles. The second-order valence-corrected chi connectivity index (χ2v) is 13.3. The molecule has 6 heterocycles. The van der Waals surface area contributed by atoms with E-state index in [0.717, 1.165) is 88.1 Å². The lowest BCUT2D eigenvalue weighted by Crippen LogP contribution is -2.22. The van der Waals surface area contributed by atoms with Crippen LogP contribution >= 0.6 is 0 Å². The Kier molecular flexibility index (Phi) is 11.7. The van der Waals surface area contributed by atoms with Gasteiger partial charge in [-0.1, -0.05) is 18.2 Å². The maximum Gasteiger partial charge on any atom is 0.130 e.